The molecule has 1 aromatic heterocycles. The van der Waals surface area contributed by atoms with E-state index >= 15 is 0 Å². The molecule has 4 rings (SSSR count). The average molecular weight is 498 g/mol. The Hall–Kier alpha value is -4.92. The maximum absolute atomic E-state index is 13.5. The van der Waals surface area contributed by atoms with Crippen LogP contribution in [-0.4, -0.2) is 27.9 Å². The van der Waals surface area contributed by atoms with Crippen molar-refractivity contribution in [3.05, 3.63) is 122 Å². The van der Waals surface area contributed by atoms with Gasteiger partial charge >= 0.3 is 5.69 Å². The maximum atomic E-state index is 13.5. The largest absolute Gasteiger partial charge is 0.383 e. The Labute approximate surface area is 213 Å². The Morgan fingerprint density at radius 3 is 2.14 bits per heavy atom. The Bertz CT molecular complexity index is 1510. The van der Waals surface area contributed by atoms with Gasteiger partial charge in [0.2, 0.25) is 0 Å². The smallest absolute Gasteiger partial charge is 0.330 e. The summed E-state index contributed by atoms with van der Waals surface area (Å²) >= 11 is 0. The maximum Gasteiger partial charge on any atom is 0.330 e. The second-order valence-corrected chi connectivity index (χ2v) is 8.42. The summed E-state index contributed by atoms with van der Waals surface area (Å²) in [4.78, 5) is 54.9. The Balaban J connectivity index is 1.62. The lowest BCUT2D eigenvalue weighted by Gasteiger charge is -2.24. The number of amides is 2. The van der Waals surface area contributed by atoms with Crippen molar-refractivity contribution in [2.45, 2.75) is 19.9 Å². The van der Waals surface area contributed by atoms with Crippen LogP contribution in [0.4, 0.5) is 17.2 Å². The number of rotatable bonds is 8. The monoisotopic (exact) mass is 497 g/mol. The number of nitrogens with one attached hydrogen (secondary N) is 2. The second kappa shape index (κ2) is 11.2. The first-order valence-corrected chi connectivity index (χ1v) is 11.8. The lowest BCUT2D eigenvalue weighted by molar-refractivity contribution is 0.0985. The molecule has 9 nitrogen and oxygen atoms in total. The van der Waals surface area contributed by atoms with Crippen molar-refractivity contribution in [1.29, 1.82) is 0 Å². The van der Waals surface area contributed by atoms with Crippen LogP contribution in [0.15, 0.2) is 94.5 Å². The van der Waals surface area contributed by atoms with E-state index in [9.17, 15) is 19.2 Å². The normalized spacial score (nSPS) is 10.6. The molecule has 4 aromatic rings. The molecule has 2 amide bonds. The summed E-state index contributed by atoms with van der Waals surface area (Å²) < 4.78 is 1.24. The summed E-state index contributed by atoms with van der Waals surface area (Å²) in [6, 6.07) is 24.3. The Morgan fingerprint density at radius 2 is 1.51 bits per heavy atom. The van der Waals surface area contributed by atoms with Crippen LogP contribution in [0.3, 0.4) is 0 Å². The molecule has 0 aliphatic carbocycles. The van der Waals surface area contributed by atoms with Crippen molar-refractivity contribution >= 4 is 29.0 Å². The number of H-pyrrole nitrogens is 1. The number of carbonyl (C=O) groups excluding carboxylic acids is 2. The van der Waals surface area contributed by atoms with Gasteiger partial charge in [-0.2, -0.15) is 0 Å². The third-order valence-corrected chi connectivity index (χ3v) is 5.79. The zero-order chi connectivity index (χ0) is 26.4. The van der Waals surface area contributed by atoms with Gasteiger partial charge < -0.3 is 16.0 Å². The molecule has 0 radical (unpaired) electrons. The molecule has 0 spiro atoms. The number of aromatic nitrogens is 2. The molecule has 37 heavy (non-hydrogen) atoms. The fourth-order valence-electron chi connectivity index (χ4n) is 3.94. The minimum absolute atomic E-state index is 0.0798. The van der Waals surface area contributed by atoms with Gasteiger partial charge in [0.05, 0.1) is 6.54 Å². The quantitative estimate of drug-likeness (QED) is 0.343. The van der Waals surface area contributed by atoms with Crippen LogP contribution >= 0.6 is 0 Å². The van der Waals surface area contributed by atoms with Crippen molar-refractivity contribution in [3.8, 4) is 0 Å². The summed E-state index contributed by atoms with van der Waals surface area (Å²) in [7, 11) is 0. The number of aromatic amines is 1. The van der Waals surface area contributed by atoms with Crippen LogP contribution < -0.4 is 27.2 Å². The predicted octanol–water partition coefficient (Wildman–Crippen LogP) is 3.48. The van der Waals surface area contributed by atoms with Crippen molar-refractivity contribution in [2.75, 3.05) is 22.5 Å². The van der Waals surface area contributed by atoms with Crippen LogP contribution in [0.1, 0.15) is 39.6 Å². The molecule has 0 unspecified atom stereocenters. The fraction of sp³-hybridized carbons (Fsp3) is 0.143. The molecule has 0 saturated carbocycles. The molecule has 0 fully saturated rings. The van der Waals surface area contributed by atoms with Crippen molar-refractivity contribution < 1.29 is 9.59 Å². The number of carbonyl (C=O) groups is 2. The highest BCUT2D eigenvalue weighted by Gasteiger charge is 2.25. The predicted molar refractivity (Wildman–Crippen MR) is 144 cm³/mol. The minimum Gasteiger partial charge on any atom is -0.383 e. The Morgan fingerprint density at radius 1 is 0.892 bits per heavy atom. The van der Waals surface area contributed by atoms with E-state index in [2.05, 4.69) is 10.3 Å². The molecule has 9 heteroatoms. The number of benzene rings is 3. The third-order valence-electron chi connectivity index (χ3n) is 5.79. The lowest BCUT2D eigenvalue weighted by Crippen LogP contribution is -2.41. The summed E-state index contributed by atoms with van der Waals surface area (Å²) in [5.74, 6) is -0.816. The van der Waals surface area contributed by atoms with Crippen LogP contribution in [0.2, 0.25) is 0 Å². The van der Waals surface area contributed by atoms with E-state index in [4.69, 9.17) is 5.73 Å². The van der Waals surface area contributed by atoms with Gasteiger partial charge in [0.1, 0.15) is 5.82 Å². The second-order valence-electron chi connectivity index (χ2n) is 8.42. The van der Waals surface area contributed by atoms with E-state index in [0.717, 1.165) is 5.56 Å². The van der Waals surface area contributed by atoms with Gasteiger partial charge in [-0.3, -0.25) is 23.9 Å². The highest BCUT2D eigenvalue weighted by Crippen LogP contribution is 2.21. The van der Waals surface area contributed by atoms with E-state index in [0.29, 0.717) is 23.2 Å². The summed E-state index contributed by atoms with van der Waals surface area (Å²) in [5.41, 5.74) is 6.98. The number of hydrogen-bond acceptors (Lipinski definition) is 5. The standard InChI is InChI=1S/C28H27N5O4/c1-2-17-32(23-24(29)33(28(37)31-26(23)35)18-19-9-5-3-6-10-19)27(36)21-13-15-22(16-14-21)30-25(34)20-11-7-4-8-12-20/h3-16H,2,17-18,29H2,1H3,(H,30,34)(H,31,35,37). The zero-order valence-electron chi connectivity index (χ0n) is 20.3. The summed E-state index contributed by atoms with van der Waals surface area (Å²) in [5, 5.41) is 2.79. The molecule has 3 aromatic carbocycles. The van der Waals surface area contributed by atoms with Crippen molar-refractivity contribution in [3.63, 3.8) is 0 Å². The molecular formula is C28H27N5O4. The number of nitrogen functional groups attached to an aromatic ring is 1. The lowest BCUT2D eigenvalue weighted by atomic mass is 10.1. The van der Waals surface area contributed by atoms with Crippen LogP contribution in [0, 0.1) is 0 Å². The van der Waals surface area contributed by atoms with Gasteiger partial charge in [-0.05, 0) is 48.4 Å². The molecule has 0 aliphatic heterocycles. The molecular weight excluding hydrogens is 470 g/mol. The zero-order valence-corrected chi connectivity index (χ0v) is 20.3. The average Bonchev–Trinajstić information content (AvgIpc) is 2.91. The van der Waals surface area contributed by atoms with E-state index in [-0.39, 0.29) is 30.5 Å². The Kier molecular flexibility index (Phi) is 7.63. The highest BCUT2D eigenvalue weighted by atomic mass is 16.2. The number of nitrogens with zero attached hydrogens (tertiary/aromatic N) is 2. The first-order chi connectivity index (χ1) is 17.9. The van der Waals surface area contributed by atoms with E-state index in [1.54, 1.807) is 48.5 Å². The van der Waals surface area contributed by atoms with Gasteiger partial charge in [-0.1, -0.05) is 55.5 Å². The van der Waals surface area contributed by atoms with Crippen LogP contribution in [-0.2, 0) is 6.54 Å². The summed E-state index contributed by atoms with van der Waals surface area (Å²) in [6.07, 6.45) is 0.549. The van der Waals surface area contributed by atoms with Crippen molar-refractivity contribution in [2.24, 2.45) is 0 Å². The minimum atomic E-state index is -0.736. The van der Waals surface area contributed by atoms with Gasteiger partial charge in [-0.15, -0.1) is 0 Å². The number of anilines is 3. The highest BCUT2D eigenvalue weighted by molar-refractivity contribution is 6.08. The molecule has 188 valence electrons. The first-order valence-electron chi connectivity index (χ1n) is 11.8. The van der Waals surface area contributed by atoms with E-state index in [1.165, 1.54) is 9.47 Å². The van der Waals surface area contributed by atoms with Gasteiger partial charge in [0, 0.05) is 23.4 Å². The van der Waals surface area contributed by atoms with Gasteiger partial charge in [0.25, 0.3) is 17.4 Å². The molecule has 1 heterocycles. The molecule has 0 bridgehead atoms. The van der Waals surface area contributed by atoms with Crippen LogP contribution in [0.5, 0.6) is 0 Å². The number of nitrogens with two attached hydrogens (primary N) is 1. The molecule has 4 N–H and O–H groups in total. The molecule has 0 atom stereocenters. The van der Waals surface area contributed by atoms with Gasteiger partial charge in [-0.25, -0.2) is 4.79 Å². The third kappa shape index (κ3) is 5.67. The van der Waals surface area contributed by atoms with E-state index in [1.807, 2.05) is 43.3 Å². The molecule has 0 saturated heterocycles. The van der Waals surface area contributed by atoms with Crippen molar-refractivity contribution in [1.82, 2.24) is 9.55 Å². The summed E-state index contributed by atoms with van der Waals surface area (Å²) in [6.45, 7) is 2.22. The van der Waals surface area contributed by atoms with Crippen LogP contribution in [0.25, 0.3) is 0 Å². The number of hydrogen-bond donors (Lipinski definition) is 3. The molecule has 0 aliphatic rings. The SMILES string of the molecule is CCCN(C(=O)c1ccc(NC(=O)c2ccccc2)cc1)c1c(N)n(Cc2ccccc2)c(=O)[nH]c1=O. The van der Waals surface area contributed by atoms with E-state index < -0.39 is 17.2 Å². The fourth-order valence-corrected chi connectivity index (χ4v) is 3.94. The first kappa shape index (κ1) is 25.2. The van der Waals surface area contributed by atoms with Gasteiger partial charge in [0.15, 0.2) is 5.69 Å². The topological polar surface area (TPSA) is 130 Å².